The van der Waals surface area contributed by atoms with Gasteiger partial charge in [-0.15, -0.1) is 0 Å². The zero-order valence-electron chi connectivity index (χ0n) is 8.23. The van der Waals surface area contributed by atoms with Crippen molar-refractivity contribution < 1.29 is 8.78 Å². The lowest BCUT2D eigenvalue weighted by molar-refractivity contribution is 0.628. The van der Waals surface area contributed by atoms with Crippen LogP contribution in [0.1, 0.15) is 0 Å². The van der Waals surface area contributed by atoms with E-state index in [0.29, 0.717) is 0 Å². The molecule has 0 fully saturated rings. The Morgan fingerprint density at radius 1 is 0.688 bits per heavy atom. The van der Waals surface area contributed by atoms with Gasteiger partial charge < -0.3 is 0 Å². The third kappa shape index (κ3) is 2.49. The maximum absolute atomic E-state index is 12.7. The first kappa shape index (κ1) is 11.3. The molecule has 0 nitrogen and oxygen atoms in total. The van der Waals surface area contributed by atoms with E-state index in [9.17, 15) is 8.78 Å². The van der Waals surface area contributed by atoms with E-state index < -0.39 is 6.70 Å². The van der Waals surface area contributed by atoms with E-state index >= 15 is 0 Å². The van der Waals surface area contributed by atoms with Crippen molar-refractivity contribution in [2.45, 2.75) is 0 Å². The molecule has 0 amide bonds. The zero-order valence-corrected chi connectivity index (χ0v) is 9.94. The van der Waals surface area contributed by atoms with Crippen LogP contribution >= 0.6 is 6.70 Å². The summed E-state index contributed by atoms with van der Waals surface area (Å²) in [6, 6.07) is 12.3. The molecule has 0 saturated heterocycles. The van der Waals surface area contributed by atoms with Crippen molar-refractivity contribution in [3.05, 3.63) is 60.2 Å². The molecule has 0 heterocycles. The number of hydrogen-bond donors (Lipinski definition) is 0. The third-order valence-corrected chi connectivity index (χ3v) is 4.92. The minimum atomic E-state index is -0.946. The average Bonchev–Trinajstić information content (AvgIpc) is 2.30. The van der Waals surface area contributed by atoms with Crippen LogP contribution in [0.3, 0.4) is 0 Å². The third-order valence-electron chi connectivity index (χ3n) is 2.12. The van der Waals surface area contributed by atoms with Crippen LogP contribution in [0.5, 0.6) is 0 Å². The average molecular weight is 253 g/mol. The summed E-state index contributed by atoms with van der Waals surface area (Å²) in [5.41, 5.74) is 0. The highest BCUT2D eigenvalue weighted by molar-refractivity contribution is 8.12. The van der Waals surface area contributed by atoms with Gasteiger partial charge in [-0.3, -0.25) is 0 Å². The van der Waals surface area contributed by atoms with E-state index in [1.807, 2.05) is 0 Å². The number of hydrogen-bond acceptors (Lipinski definition) is 1. The first-order chi connectivity index (χ1) is 7.66. The van der Waals surface area contributed by atoms with Gasteiger partial charge in [0.2, 0.25) is 0 Å². The molecule has 0 spiro atoms. The predicted octanol–water partition coefficient (Wildman–Crippen LogP) is 2.86. The molecular weight excluding hydrogens is 245 g/mol. The summed E-state index contributed by atoms with van der Waals surface area (Å²) >= 11 is 5.38. The van der Waals surface area contributed by atoms with Crippen LogP contribution < -0.4 is 10.6 Å². The standard InChI is InChI=1S/C12H8F2PS/c13-9-1-5-11(6-2-9)15(16)12-7-3-10(14)4-8-12/h1-8H. The number of rotatable bonds is 2. The van der Waals surface area contributed by atoms with Crippen LogP contribution in [-0.2, 0) is 11.8 Å². The molecule has 16 heavy (non-hydrogen) atoms. The van der Waals surface area contributed by atoms with E-state index in [2.05, 4.69) is 0 Å². The fourth-order valence-corrected chi connectivity index (χ4v) is 3.17. The largest absolute Gasteiger partial charge is 0.207 e. The highest BCUT2D eigenvalue weighted by Crippen LogP contribution is 2.19. The van der Waals surface area contributed by atoms with Gasteiger partial charge >= 0.3 is 0 Å². The molecule has 1 radical (unpaired) electrons. The van der Waals surface area contributed by atoms with Crippen LogP contribution in [-0.4, -0.2) is 0 Å². The molecule has 0 unspecified atom stereocenters. The van der Waals surface area contributed by atoms with Gasteiger partial charge in [-0.05, 0) is 55.2 Å². The summed E-state index contributed by atoms with van der Waals surface area (Å²) in [4.78, 5) is 0. The van der Waals surface area contributed by atoms with Crippen molar-refractivity contribution in [2.24, 2.45) is 0 Å². The predicted molar refractivity (Wildman–Crippen MR) is 66.4 cm³/mol. The fraction of sp³-hybridized carbons (Fsp3) is 0. The van der Waals surface area contributed by atoms with E-state index in [4.69, 9.17) is 11.8 Å². The Kier molecular flexibility index (Phi) is 3.37. The maximum Gasteiger partial charge on any atom is 0.123 e. The van der Waals surface area contributed by atoms with E-state index in [0.717, 1.165) is 10.6 Å². The molecular formula is C12H8F2PS. The fourth-order valence-electron chi connectivity index (χ4n) is 1.30. The summed E-state index contributed by atoms with van der Waals surface area (Å²) in [7, 11) is 0. The van der Waals surface area contributed by atoms with Crippen molar-refractivity contribution in [1.82, 2.24) is 0 Å². The van der Waals surface area contributed by atoms with Gasteiger partial charge in [-0.25, -0.2) is 8.78 Å². The molecule has 0 aromatic heterocycles. The van der Waals surface area contributed by atoms with Gasteiger partial charge in [0.1, 0.15) is 11.6 Å². The van der Waals surface area contributed by atoms with Gasteiger partial charge in [0.25, 0.3) is 0 Å². The highest BCUT2D eigenvalue weighted by atomic mass is 32.4. The van der Waals surface area contributed by atoms with E-state index in [-0.39, 0.29) is 11.6 Å². The molecule has 81 valence electrons. The van der Waals surface area contributed by atoms with Crippen molar-refractivity contribution in [3.63, 3.8) is 0 Å². The van der Waals surface area contributed by atoms with Crippen molar-refractivity contribution in [2.75, 3.05) is 0 Å². The Labute approximate surface area is 98.4 Å². The molecule has 0 bridgehead atoms. The summed E-state index contributed by atoms with van der Waals surface area (Å²) in [6.45, 7) is -0.946. The van der Waals surface area contributed by atoms with Gasteiger partial charge in [0.15, 0.2) is 0 Å². The van der Waals surface area contributed by atoms with E-state index in [1.54, 1.807) is 24.3 Å². The number of halogens is 2. The summed E-state index contributed by atoms with van der Waals surface area (Å²) in [5, 5.41) is 1.80. The molecule has 0 atom stereocenters. The first-order valence-corrected chi connectivity index (χ1v) is 7.01. The first-order valence-electron chi connectivity index (χ1n) is 4.65. The van der Waals surface area contributed by atoms with Gasteiger partial charge in [-0.1, -0.05) is 11.8 Å². The lowest BCUT2D eigenvalue weighted by Crippen LogP contribution is -2.06. The van der Waals surface area contributed by atoms with Crippen LogP contribution in [0.15, 0.2) is 48.5 Å². The quantitative estimate of drug-likeness (QED) is 0.742. The summed E-state index contributed by atoms with van der Waals surface area (Å²) < 4.78 is 25.5. The molecule has 0 aliphatic rings. The van der Waals surface area contributed by atoms with Gasteiger partial charge in [0.05, 0.1) is 0 Å². The second-order valence-electron chi connectivity index (χ2n) is 3.25. The minimum Gasteiger partial charge on any atom is -0.207 e. The Morgan fingerprint density at radius 2 is 1.00 bits per heavy atom. The van der Waals surface area contributed by atoms with Crippen LogP contribution in [0.25, 0.3) is 0 Å². The smallest absolute Gasteiger partial charge is 0.123 e. The van der Waals surface area contributed by atoms with Gasteiger partial charge in [0, 0.05) is 10.6 Å². The molecule has 2 rings (SSSR count). The minimum absolute atomic E-state index is 0.277. The molecule has 2 aromatic rings. The second kappa shape index (κ2) is 4.77. The Balaban J connectivity index is 2.32. The van der Waals surface area contributed by atoms with Crippen molar-refractivity contribution in [1.29, 1.82) is 0 Å². The topological polar surface area (TPSA) is 0 Å². The Morgan fingerprint density at radius 3 is 1.31 bits per heavy atom. The van der Waals surface area contributed by atoms with Crippen LogP contribution in [0, 0.1) is 11.6 Å². The molecule has 2 aromatic carbocycles. The van der Waals surface area contributed by atoms with E-state index in [1.165, 1.54) is 24.3 Å². The number of benzene rings is 2. The molecule has 0 aliphatic heterocycles. The van der Waals surface area contributed by atoms with Crippen molar-refractivity contribution >= 4 is 29.1 Å². The van der Waals surface area contributed by atoms with Crippen LogP contribution in [0.2, 0.25) is 0 Å². The normalized spacial score (nSPS) is 10.1. The van der Waals surface area contributed by atoms with Crippen LogP contribution in [0.4, 0.5) is 8.78 Å². The van der Waals surface area contributed by atoms with Crippen molar-refractivity contribution in [3.8, 4) is 0 Å². The lowest BCUT2D eigenvalue weighted by Gasteiger charge is -2.04. The molecule has 0 saturated carbocycles. The summed E-state index contributed by atoms with van der Waals surface area (Å²) in [6.07, 6.45) is 0. The molecule has 0 aliphatic carbocycles. The van der Waals surface area contributed by atoms with Gasteiger partial charge in [-0.2, -0.15) is 0 Å². The summed E-state index contributed by atoms with van der Waals surface area (Å²) in [5.74, 6) is -0.553. The Hall–Kier alpha value is -1.18. The zero-order chi connectivity index (χ0) is 11.5. The molecule has 0 N–H and O–H groups in total. The maximum atomic E-state index is 12.7. The SMILES string of the molecule is Fc1ccc([P](=S)c2ccc(F)cc2)cc1. The second-order valence-corrected chi connectivity index (χ2v) is 5.96. The highest BCUT2D eigenvalue weighted by Gasteiger charge is 2.03. The monoisotopic (exact) mass is 253 g/mol. The molecule has 4 heteroatoms. The lowest BCUT2D eigenvalue weighted by atomic mass is 10.3. The Bertz CT molecular complexity index is 458.